The summed E-state index contributed by atoms with van der Waals surface area (Å²) in [6.45, 7) is 0. The molecular weight excluding hydrogens is 365 g/mol. The van der Waals surface area contributed by atoms with Crippen LogP contribution in [0.5, 0.6) is 0 Å². The molecule has 0 atom stereocenters. The second-order valence-corrected chi connectivity index (χ2v) is 6.19. The lowest BCUT2D eigenvalue weighted by molar-refractivity contribution is 0.530. The van der Waals surface area contributed by atoms with Crippen LogP contribution in [-0.4, -0.2) is 4.32 Å². The van der Waals surface area contributed by atoms with Gasteiger partial charge in [-0.3, -0.25) is 0 Å². The Morgan fingerprint density at radius 2 is 2.06 bits per heavy atom. The minimum absolute atomic E-state index is 0.752. The van der Waals surface area contributed by atoms with Gasteiger partial charge in [-0.2, -0.15) is 0 Å². The van der Waals surface area contributed by atoms with Crippen molar-refractivity contribution in [1.82, 2.24) is 0 Å². The highest BCUT2D eigenvalue weighted by molar-refractivity contribution is 14.1. The second kappa shape index (κ2) is 6.42. The summed E-state index contributed by atoms with van der Waals surface area (Å²) in [7, 11) is 0. The normalized spacial score (nSPS) is 10.2. The van der Waals surface area contributed by atoms with E-state index in [4.69, 9.17) is 16.6 Å². The minimum atomic E-state index is 0.752. The predicted molar refractivity (Wildman–Crippen MR) is 85.4 cm³/mol. The highest BCUT2D eigenvalue weighted by atomic mass is 127. The molecule has 1 aromatic heterocycles. The van der Waals surface area contributed by atoms with Gasteiger partial charge >= 0.3 is 0 Å². The Labute approximate surface area is 123 Å². The average Bonchev–Trinajstić information content (AvgIpc) is 2.83. The van der Waals surface area contributed by atoms with Crippen LogP contribution in [0.1, 0.15) is 5.76 Å². The van der Waals surface area contributed by atoms with Crippen molar-refractivity contribution in [1.29, 1.82) is 0 Å². The maximum Gasteiger partial charge on any atom is 0.138 e. The lowest BCUT2D eigenvalue weighted by Crippen LogP contribution is -2.04. The number of thiocarbonyl (C=S) groups is 1. The van der Waals surface area contributed by atoms with Crippen LogP contribution in [0.4, 0.5) is 5.69 Å². The van der Waals surface area contributed by atoms with E-state index in [0.717, 1.165) is 21.5 Å². The van der Waals surface area contributed by atoms with Crippen molar-refractivity contribution in [3.63, 3.8) is 0 Å². The van der Waals surface area contributed by atoms with E-state index in [1.165, 1.54) is 3.57 Å². The first-order valence-electron chi connectivity index (χ1n) is 4.96. The summed E-state index contributed by atoms with van der Waals surface area (Å²) in [6, 6.07) is 11.9. The fraction of sp³-hybridized carbons (Fsp3) is 0.0833. The third-order valence-corrected chi connectivity index (χ3v) is 3.98. The maximum absolute atomic E-state index is 5.25. The zero-order valence-electron chi connectivity index (χ0n) is 8.85. The Hall–Kier alpha value is -0.530. The van der Waals surface area contributed by atoms with E-state index in [0.29, 0.717) is 0 Å². The van der Waals surface area contributed by atoms with Gasteiger partial charge in [0.05, 0.1) is 12.0 Å². The molecule has 88 valence electrons. The third-order valence-electron chi connectivity index (χ3n) is 2.02. The molecule has 0 bridgehead atoms. The number of nitrogens with one attached hydrogen (secondary N) is 1. The first-order valence-corrected chi connectivity index (χ1v) is 7.43. The first kappa shape index (κ1) is 12.9. The van der Waals surface area contributed by atoms with Gasteiger partial charge in [0.15, 0.2) is 0 Å². The Morgan fingerprint density at radius 1 is 1.29 bits per heavy atom. The zero-order valence-corrected chi connectivity index (χ0v) is 12.6. The highest BCUT2D eigenvalue weighted by Gasteiger charge is 2.01. The standard InChI is InChI=1S/C12H10INOS2/c13-9-3-5-10(6-4-9)14-12(16)17-8-11-2-1-7-15-11/h1-7H,8H2,(H,14,16). The molecule has 2 rings (SSSR count). The van der Waals surface area contributed by atoms with Crippen molar-refractivity contribution >= 4 is 56.6 Å². The molecule has 5 heteroatoms. The number of thioether (sulfide) groups is 1. The summed E-state index contributed by atoms with van der Waals surface area (Å²) >= 11 is 9.08. The first-order chi connectivity index (χ1) is 8.24. The highest BCUT2D eigenvalue weighted by Crippen LogP contribution is 2.17. The number of furan rings is 1. The molecule has 0 saturated heterocycles. The van der Waals surface area contributed by atoms with Crippen molar-refractivity contribution in [3.8, 4) is 0 Å². The molecule has 2 nitrogen and oxygen atoms in total. The van der Waals surface area contributed by atoms with Gasteiger partial charge in [-0.25, -0.2) is 0 Å². The molecule has 2 aromatic rings. The van der Waals surface area contributed by atoms with E-state index >= 15 is 0 Å². The van der Waals surface area contributed by atoms with E-state index in [1.54, 1.807) is 18.0 Å². The average molecular weight is 375 g/mol. The summed E-state index contributed by atoms with van der Waals surface area (Å²) < 4.78 is 7.20. The van der Waals surface area contributed by atoms with Crippen molar-refractivity contribution in [2.24, 2.45) is 0 Å². The molecule has 1 aromatic carbocycles. The van der Waals surface area contributed by atoms with Crippen molar-refractivity contribution < 1.29 is 4.42 Å². The molecule has 1 N–H and O–H groups in total. The summed E-state index contributed by atoms with van der Waals surface area (Å²) in [5.41, 5.74) is 1.02. The number of hydrogen-bond donors (Lipinski definition) is 1. The van der Waals surface area contributed by atoms with Crippen LogP contribution in [0.15, 0.2) is 47.1 Å². The molecule has 0 aliphatic carbocycles. The summed E-state index contributed by atoms with van der Waals surface area (Å²) in [5.74, 6) is 1.69. The summed E-state index contributed by atoms with van der Waals surface area (Å²) in [4.78, 5) is 0. The lowest BCUT2D eigenvalue weighted by Gasteiger charge is -2.06. The Balaban J connectivity index is 1.83. The molecular formula is C12H10INOS2. The van der Waals surface area contributed by atoms with E-state index in [-0.39, 0.29) is 0 Å². The topological polar surface area (TPSA) is 25.2 Å². The SMILES string of the molecule is S=C(Nc1ccc(I)cc1)SCc1ccco1. The second-order valence-electron chi connectivity index (χ2n) is 3.29. The van der Waals surface area contributed by atoms with Crippen LogP contribution in [-0.2, 0) is 5.75 Å². The minimum Gasteiger partial charge on any atom is -0.468 e. The molecule has 0 spiro atoms. The molecule has 0 unspecified atom stereocenters. The van der Waals surface area contributed by atoms with Gasteiger partial charge in [0.1, 0.15) is 10.1 Å². The van der Waals surface area contributed by atoms with Crippen LogP contribution in [0.3, 0.4) is 0 Å². The smallest absolute Gasteiger partial charge is 0.138 e. The van der Waals surface area contributed by atoms with Crippen LogP contribution >= 0.6 is 46.6 Å². The Kier molecular flexibility index (Phi) is 4.87. The summed E-state index contributed by atoms with van der Waals surface area (Å²) in [5, 5.41) is 3.18. The fourth-order valence-electron chi connectivity index (χ4n) is 1.22. The molecule has 1 heterocycles. The number of hydrogen-bond acceptors (Lipinski definition) is 3. The van der Waals surface area contributed by atoms with E-state index in [2.05, 4.69) is 27.9 Å². The largest absolute Gasteiger partial charge is 0.468 e. The van der Waals surface area contributed by atoms with E-state index in [9.17, 15) is 0 Å². The van der Waals surface area contributed by atoms with Crippen molar-refractivity contribution in [2.45, 2.75) is 5.75 Å². The number of rotatable bonds is 3. The quantitative estimate of drug-likeness (QED) is 0.630. The molecule has 17 heavy (non-hydrogen) atoms. The van der Waals surface area contributed by atoms with Crippen LogP contribution < -0.4 is 5.32 Å². The van der Waals surface area contributed by atoms with E-state index in [1.807, 2.05) is 36.4 Å². The van der Waals surface area contributed by atoms with E-state index < -0.39 is 0 Å². The Bertz CT molecular complexity index is 482. The number of halogens is 1. The van der Waals surface area contributed by atoms with Gasteiger partial charge in [-0.1, -0.05) is 24.0 Å². The monoisotopic (exact) mass is 375 g/mol. The molecule has 0 aliphatic heterocycles. The van der Waals surface area contributed by atoms with Crippen LogP contribution in [0.2, 0.25) is 0 Å². The van der Waals surface area contributed by atoms with Crippen LogP contribution in [0.25, 0.3) is 0 Å². The lowest BCUT2D eigenvalue weighted by atomic mass is 10.3. The zero-order chi connectivity index (χ0) is 12.1. The maximum atomic E-state index is 5.25. The van der Waals surface area contributed by atoms with Crippen LogP contribution in [0, 0.1) is 3.57 Å². The van der Waals surface area contributed by atoms with Crippen molar-refractivity contribution in [2.75, 3.05) is 5.32 Å². The number of anilines is 1. The molecule has 0 amide bonds. The van der Waals surface area contributed by atoms with Gasteiger partial charge < -0.3 is 9.73 Å². The molecule has 0 aliphatic rings. The van der Waals surface area contributed by atoms with Gasteiger partial charge in [0.25, 0.3) is 0 Å². The third kappa shape index (κ3) is 4.33. The molecule has 0 fully saturated rings. The van der Waals surface area contributed by atoms with Gasteiger partial charge in [-0.05, 0) is 59.0 Å². The van der Waals surface area contributed by atoms with Gasteiger partial charge in [0.2, 0.25) is 0 Å². The predicted octanol–water partition coefficient (Wildman–Crippen LogP) is 4.51. The fourth-order valence-corrected chi connectivity index (χ4v) is 2.50. The Morgan fingerprint density at radius 3 is 2.71 bits per heavy atom. The van der Waals surface area contributed by atoms with Crippen molar-refractivity contribution in [3.05, 3.63) is 52.0 Å². The van der Waals surface area contributed by atoms with Gasteiger partial charge in [0, 0.05) is 9.26 Å². The number of benzene rings is 1. The van der Waals surface area contributed by atoms with Gasteiger partial charge in [-0.15, -0.1) is 0 Å². The summed E-state index contributed by atoms with van der Waals surface area (Å²) in [6.07, 6.45) is 1.67. The molecule has 0 radical (unpaired) electrons. The molecule has 0 saturated carbocycles.